The maximum absolute atomic E-state index is 16.0. The van der Waals surface area contributed by atoms with Crippen molar-refractivity contribution in [2.75, 3.05) is 50.7 Å². The van der Waals surface area contributed by atoms with Crippen molar-refractivity contribution in [3.8, 4) is 0 Å². The molecule has 4 saturated heterocycles. The van der Waals surface area contributed by atoms with E-state index in [0.29, 0.717) is 46.0 Å². The fraction of sp³-hybridized carbons (Fsp3) is 0.690. The molecule has 6 rings (SSSR count). The lowest BCUT2D eigenvalue weighted by atomic mass is 9.71. The molecule has 206 valence electrons. The molecule has 2 N–H and O–H groups in total. The molecule has 4 fully saturated rings. The lowest BCUT2D eigenvalue weighted by molar-refractivity contribution is -0.134. The van der Waals surface area contributed by atoms with Crippen LogP contribution in [0.4, 0.5) is 10.1 Å². The van der Waals surface area contributed by atoms with Gasteiger partial charge in [-0.2, -0.15) is 5.10 Å². The van der Waals surface area contributed by atoms with Crippen LogP contribution in [0.2, 0.25) is 0 Å². The number of carbonyl (C=O) groups excluding carboxylic acids is 2. The van der Waals surface area contributed by atoms with Crippen LogP contribution < -0.4 is 15.5 Å². The summed E-state index contributed by atoms with van der Waals surface area (Å²) in [5, 5.41) is 11.1. The lowest BCUT2D eigenvalue weighted by Crippen LogP contribution is -2.49. The monoisotopic (exact) mass is 524 g/mol. The van der Waals surface area contributed by atoms with E-state index < -0.39 is 5.92 Å². The minimum absolute atomic E-state index is 0.261. The standard InChI is InChI=1S/C29H41FN6O2/c1-19-17-36(14-7-20(19)18-35-15-10-29(11-16-35)8-12-31-13-9-29)23-5-3-21-26(33-34(2)27(21)25(23)30)22-4-6-24(37)32-28(22)38/h3,5,19-20,22,31H,4,6-18H2,1-2H3,(H,32,37,38)/t19-,20+,22?/m0/s1. The normalized spacial score (nSPS) is 28.7. The van der Waals surface area contributed by atoms with Crippen LogP contribution in [-0.4, -0.2) is 72.3 Å². The van der Waals surface area contributed by atoms with Crippen molar-refractivity contribution in [3.05, 3.63) is 23.6 Å². The number of hydrogen-bond acceptors (Lipinski definition) is 6. The molecule has 8 nitrogen and oxygen atoms in total. The number of imide groups is 1. The molecule has 5 heterocycles. The van der Waals surface area contributed by atoms with Gasteiger partial charge in [-0.3, -0.25) is 19.6 Å². The number of likely N-dealkylation sites (tertiary alicyclic amines) is 1. The Morgan fingerprint density at radius 2 is 1.84 bits per heavy atom. The molecular formula is C29H41FN6O2. The molecule has 1 unspecified atom stereocenters. The van der Waals surface area contributed by atoms with Crippen molar-refractivity contribution < 1.29 is 14.0 Å². The first-order valence-electron chi connectivity index (χ1n) is 14.5. The molecule has 1 spiro atoms. The summed E-state index contributed by atoms with van der Waals surface area (Å²) in [7, 11) is 1.73. The van der Waals surface area contributed by atoms with Crippen LogP contribution in [0.25, 0.3) is 10.9 Å². The van der Waals surface area contributed by atoms with Crippen LogP contribution in [0, 0.1) is 23.1 Å². The van der Waals surface area contributed by atoms with Gasteiger partial charge in [0.05, 0.1) is 17.3 Å². The van der Waals surface area contributed by atoms with Crippen LogP contribution in [-0.2, 0) is 16.6 Å². The fourth-order valence-electron chi connectivity index (χ4n) is 7.48. The zero-order chi connectivity index (χ0) is 26.4. The molecule has 0 bridgehead atoms. The minimum Gasteiger partial charge on any atom is -0.369 e. The van der Waals surface area contributed by atoms with Gasteiger partial charge < -0.3 is 15.1 Å². The number of anilines is 1. The van der Waals surface area contributed by atoms with E-state index >= 15 is 4.39 Å². The van der Waals surface area contributed by atoms with E-state index in [1.54, 1.807) is 11.7 Å². The van der Waals surface area contributed by atoms with Crippen molar-refractivity contribution in [1.82, 2.24) is 25.3 Å². The van der Waals surface area contributed by atoms with Gasteiger partial charge >= 0.3 is 0 Å². The first-order valence-corrected chi connectivity index (χ1v) is 14.5. The summed E-state index contributed by atoms with van der Waals surface area (Å²) in [6.07, 6.45) is 7.07. The second kappa shape index (κ2) is 10.2. The smallest absolute Gasteiger partial charge is 0.235 e. The molecule has 38 heavy (non-hydrogen) atoms. The number of halogens is 1. The topological polar surface area (TPSA) is 82.5 Å². The highest BCUT2D eigenvalue weighted by atomic mass is 19.1. The number of fused-ring (bicyclic) bond motifs is 1. The van der Waals surface area contributed by atoms with Crippen LogP contribution in [0.5, 0.6) is 0 Å². The first kappa shape index (κ1) is 25.7. The molecule has 2 amide bonds. The molecular weight excluding hydrogens is 483 g/mol. The summed E-state index contributed by atoms with van der Waals surface area (Å²) in [6, 6.07) is 3.76. The molecule has 4 aliphatic rings. The van der Waals surface area contributed by atoms with E-state index in [0.717, 1.165) is 26.1 Å². The van der Waals surface area contributed by atoms with Crippen molar-refractivity contribution in [3.63, 3.8) is 0 Å². The Kier molecular flexibility index (Phi) is 6.93. The SMILES string of the molecule is C[C@H]1CN(c2ccc3c(C4CCC(=O)NC4=O)nn(C)c3c2F)CC[C@@H]1CN1CCC2(CCNCC2)CC1. The van der Waals surface area contributed by atoms with E-state index in [1.165, 1.54) is 51.9 Å². The number of aryl methyl sites for hydroxylation is 1. The Bertz CT molecular complexity index is 1210. The largest absolute Gasteiger partial charge is 0.369 e. The number of benzene rings is 1. The predicted octanol–water partition coefficient (Wildman–Crippen LogP) is 3.16. The van der Waals surface area contributed by atoms with Gasteiger partial charge in [0.25, 0.3) is 0 Å². The van der Waals surface area contributed by atoms with Crippen LogP contribution in [0.15, 0.2) is 12.1 Å². The molecule has 4 aliphatic heterocycles. The molecule has 9 heteroatoms. The van der Waals surface area contributed by atoms with Crippen molar-refractivity contribution in [2.24, 2.45) is 24.3 Å². The van der Waals surface area contributed by atoms with Crippen molar-refractivity contribution >= 4 is 28.4 Å². The number of rotatable bonds is 4. The third-order valence-electron chi connectivity index (χ3n) is 10.0. The molecule has 1 aromatic carbocycles. The number of amides is 2. The van der Waals surface area contributed by atoms with E-state index in [2.05, 4.69) is 32.5 Å². The number of carbonyl (C=O) groups is 2. The second-order valence-corrected chi connectivity index (χ2v) is 12.3. The Morgan fingerprint density at radius 1 is 1.08 bits per heavy atom. The van der Waals surface area contributed by atoms with Crippen molar-refractivity contribution in [1.29, 1.82) is 0 Å². The summed E-state index contributed by atoms with van der Waals surface area (Å²) in [5.74, 6) is -0.290. The first-order chi connectivity index (χ1) is 18.3. The minimum atomic E-state index is -0.531. The summed E-state index contributed by atoms with van der Waals surface area (Å²) in [6.45, 7) is 9.94. The van der Waals surface area contributed by atoms with E-state index in [-0.39, 0.29) is 24.1 Å². The summed E-state index contributed by atoms with van der Waals surface area (Å²) in [5.41, 5.74) is 2.18. The van der Waals surface area contributed by atoms with Crippen molar-refractivity contribution in [2.45, 2.75) is 57.8 Å². The van der Waals surface area contributed by atoms with Gasteiger partial charge in [-0.15, -0.1) is 0 Å². The molecule has 0 radical (unpaired) electrons. The summed E-state index contributed by atoms with van der Waals surface area (Å²) in [4.78, 5) is 28.9. The zero-order valence-electron chi connectivity index (χ0n) is 22.8. The van der Waals surface area contributed by atoms with Gasteiger partial charge in [-0.1, -0.05) is 6.92 Å². The molecule has 0 aliphatic carbocycles. The number of piperidine rings is 4. The lowest BCUT2D eigenvalue weighted by Gasteiger charge is -2.46. The Morgan fingerprint density at radius 3 is 2.55 bits per heavy atom. The number of nitrogens with zero attached hydrogens (tertiary/aromatic N) is 4. The Hall–Kier alpha value is -2.52. The van der Waals surface area contributed by atoms with Gasteiger partial charge in [0.1, 0.15) is 5.52 Å². The number of nitrogens with one attached hydrogen (secondary N) is 2. The zero-order valence-corrected chi connectivity index (χ0v) is 22.8. The highest BCUT2D eigenvalue weighted by Gasteiger charge is 2.37. The number of aromatic nitrogens is 2. The summed E-state index contributed by atoms with van der Waals surface area (Å²) >= 11 is 0. The van der Waals surface area contributed by atoms with Crippen LogP contribution in [0.1, 0.15) is 63.5 Å². The quantitative estimate of drug-likeness (QED) is 0.598. The maximum atomic E-state index is 16.0. The third-order valence-corrected chi connectivity index (χ3v) is 10.0. The highest BCUT2D eigenvalue weighted by molar-refractivity contribution is 6.02. The second-order valence-electron chi connectivity index (χ2n) is 12.3. The Balaban J connectivity index is 1.12. The predicted molar refractivity (Wildman–Crippen MR) is 145 cm³/mol. The van der Waals surface area contributed by atoms with Gasteiger partial charge in [0.15, 0.2) is 5.82 Å². The van der Waals surface area contributed by atoms with Crippen LogP contribution >= 0.6 is 0 Å². The van der Waals surface area contributed by atoms with Gasteiger partial charge in [0.2, 0.25) is 11.8 Å². The molecule has 1 aromatic heterocycles. The summed E-state index contributed by atoms with van der Waals surface area (Å²) < 4.78 is 17.5. The maximum Gasteiger partial charge on any atom is 0.235 e. The fourth-order valence-corrected chi connectivity index (χ4v) is 7.48. The van der Waals surface area contributed by atoms with E-state index in [4.69, 9.17) is 0 Å². The highest BCUT2D eigenvalue weighted by Crippen LogP contribution is 2.41. The van der Waals surface area contributed by atoms with Gasteiger partial charge in [0, 0.05) is 38.5 Å². The van der Waals surface area contributed by atoms with Gasteiger partial charge in [-0.25, -0.2) is 4.39 Å². The molecule has 2 aromatic rings. The van der Waals surface area contributed by atoms with E-state index in [9.17, 15) is 9.59 Å². The number of hydrogen-bond donors (Lipinski definition) is 2. The van der Waals surface area contributed by atoms with Gasteiger partial charge in [-0.05, 0) is 94.1 Å². The molecule has 3 atom stereocenters. The van der Waals surface area contributed by atoms with E-state index in [1.807, 2.05) is 12.1 Å². The third kappa shape index (κ3) is 4.72. The van der Waals surface area contributed by atoms with Crippen LogP contribution in [0.3, 0.4) is 0 Å². The average Bonchev–Trinajstić information content (AvgIpc) is 3.24. The average molecular weight is 525 g/mol. The Labute approximate surface area is 224 Å². The molecule has 0 saturated carbocycles.